The maximum Gasteiger partial charge on any atom is 0.341 e. The molecule has 4 rings (SSSR count). The first-order valence-corrected chi connectivity index (χ1v) is 12.5. The van der Waals surface area contributed by atoms with Crippen molar-refractivity contribution in [2.75, 3.05) is 25.3 Å². The molecule has 0 aliphatic rings. The number of rotatable bonds is 8. The lowest BCUT2D eigenvalue weighted by molar-refractivity contribution is 0.0603. The fourth-order valence-corrected chi connectivity index (χ4v) is 5.56. The molecular formula is C25H25N3O4S2. The summed E-state index contributed by atoms with van der Waals surface area (Å²) in [5, 5.41) is 5.84. The number of unbranched alkanes of at least 4 members (excludes halogenated alkanes) is 1. The number of hydrogen-bond acceptors (Lipinski definition) is 8. The second kappa shape index (κ2) is 10.2. The quantitative estimate of drug-likeness (QED) is 0.291. The molecule has 0 saturated carbocycles. The summed E-state index contributed by atoms with van der Waals surface area (Å²) in [6.07, 6.45) is 3.03. The number of esters is 1. The van der Waals surface area contributed by atoms with Crippen LogP contribution in [0, 0.1) is 0 Å². The highest BCUT2D eigenvalue weighted by Crippen LogP contribution is 2.38. The summed E-state index contributed by atoms with van der Waals surface area (Å²) in [6, 6.07) is 11.2. The molecule has 0 bridgehead atoms. The van der Waals surface area contributed by atoms with Crippen molar-refractivity contribution in [3.63, 3.8) is 0 Å². The summed E-state index contributed by atoms with van der Waals surface area (Å²) < 4.78 is 10.2. The van der Waals surface area contributed by atoms with Gasteiger partial charge in [-0.25, -0.2) is 9.78 Å². The van der Waals surface area contributed by atoms with E-state index in [0.29, 0.717) is 32.4 Å². The van der Waals surface area contributed by atoms with Crippen LogP contribution < -0.4 is 15.8 Å². The fourth-order valence-electron chi connectivity index (χ4n) is 3.60. The van der Waals surface area contributed by atoms with Gasteiger partial charge in [-0.15, -0.1) is 22.7 Å². The van der Waals surface area contributed by atoms with Crippen LogP contribution in [0.3, 0.4) is 0 Å². The number of pyridine rings is 1. The SMILES string of the molecule is CCCCc1ccc2c(N)c(C(=O)Nc3scc(-c4ccc(OC)cc4)c3C(=O)OC)sc2n1. The Morgan fingerprint density at radius 2 is 1.88 bits per heavy atom. The predicted molar refractivity (Wildman–Crippen MR) is 138 cm³/mol. The summed E-state index contributed by atoms with van der Waals surface area (Å²) in [6.45, 7) is 2.14. The van der Waals surface area contributed by atoms with Crippen LogP contribution in [0.5, 0.6) is 5.75 Å². The van der Waals surface area contributed by atoms with Gasteiger partial charge >= 0.3 is 5.97 Å². The van der Waals surface area contributed by atoms with E-state index in [1.807, 2.05) is 41.8 Å². The Kier molecular flexibility index (Phi) is 7.14. The molecule has 3 aromatic heterocycles. The second-order valence-electron chi connectivity index (χ2n) is 7.63. The number of ether oxygens (including phenoxy) is 2. The molecule has 0 aliphatic carbocycles. The minimum atomic E-state index is -0.533. The molecule has 0 fully saturated rings. The van der Waals surface area contributed by atoms with Crippen molar-refractivity contribution in [1.82, 2.24) is 4.98 Å². The van der Waals surface area contributed by atoms with Gasteiger partial charge < -0.3 is 20.5 Å². The lowest BCUT2D eigenvalue weighted by Gasteiger charge is -2.08. The number of carbonyl (C=O) groups is 2. The van der Waals surface area contributed by atoms with Crippen LogP contribution in [0.25, 0.3) is 21.3 Å². The van der Waals surface area contributed by atoms with Gasteiger partial charge in [-0.05, 0) is 42.7 Å². The number of nitrogens with zero attached hydrogens (tertiary/aromatic N) is 1. The summed E-state index contributed by atoms with van der Waals surface area (Å²) in [4.78, 5) is 31.6. The van der Waals surface area contributed by atoms with Gasteiger partial charge in [0.25, 0.3) is 5.91 Å². The number of nitrogens with two attached hydrogens (primary N) is 1. The number of hydrogen-bond donors (Lipinski definition) is 2. The number of methoxy groups -OCH3 is 2. The zero-order valence-electron chi connectivity index (χ0n) is 19.1. The smallest absolute Gasteiger partial charge is 0.341 e. The van der Waals surface area contributed by atoms with Crippen LogP contribution in [-0.4, -0.2) is 31.1 Å². The van der Waals surface area contributed by atoms with Crippen LogP contribution >= 0.6 is 22.7 Å². The maximum atomic E-state index is 13.2. The Bertz CT molecular complexity index is 1340. The molecule has 0 radical (unpaired) electrons. The number of benzene rings is 1. The highest BCUT2D eigenvalue weighted by molar-refractivity contribution is 7.21. The number of fused-ring (bicyclic) bond motifs is 1. The minimum absolute atomic E-state index is 0.297. The Morgan fingerprint density at radius 3 is 2.56 bits per heavy atom. The zero-order chi connectivity index (χ0) is 24.2. The summed E-state index contributed by atoms with van der Waals surface area (Å²) in [7, 11) is 2.91. The molecule has 3 heterocycles. The average Bonchev–Trinajstić information content (AvgIpc) is 3.43. The van der Waals surface area contributed by atoms with Crippen molar-refractivity contribution in [2.45, 2.75) is 26.2 Å². The molecule has 1 amide bonds. The van der Waals surface area contributed by atoms with E-state index in [1.54, 1.807) is 7.11 Å². The second-order valence-corrected chi connectivity index (χ2v) is 9.51. The van der Waals surface area contributed by atoms with Crippen molar-refractivity contribution < 1.29 is 19.1 Å². The van der Waals surface area contributed by atoms with Gasteiger partial charge in [-0.3, -0.25) is 4.79 Å². The molecule has 3 N–H and O–H groups in total. The number of amides is 1. The van der Waals surface area contributed by atoms with E-state index < -0.39 is 5.97 Å². The third-order valence-corrected chi connectivity index (χ3v) is 7.46. The van der Waals surface area contributed by atoms with Crippen molar-refractivity contribution in [2.24, 2.45) is 0 Å². The summed E-state index contributed by atoms with van der Waals surface area (Å²) >= 11 is 2.51. The van der Waals surface area contributed by atoms with Crippen LogP contribution in [-0.2, 0) is 11.2 Å². The van der Waals surface area contributed by atoms with Gasteiger partial charge in [0.15, 0.2) is 0 Å². The molecule has 0 spiro atoms. The lowest BCUT2D eigenvalue weighted by Crippen LogP contribution is -2.14. The van der Waals surface area contributed by atoms with Gasteiger partial charge in [-0.1, -0.05) is 25.5 Å². The predicted octanol–water partition coefficient (Wildman–Crippen LogP) is 6.00. The normalized spacial score (nSPS) is 10.9. The Morgan fingerprint density at radius 1 is 1.12 bits per heavy atom. The van der Waals surface area contributed by atoms with E-state index in [9.17, 15) is 9.59 Å². The molecular weight excluding hydrogens is 470 g/mol. The molecule has 4 aromatic rings. The highest BCUT2D eigenvalue weighted by Gasteiger charge is 2.25. The van der Waals surface area contributed by atoms with Gasteiger partial charge in [0.1, 0.15) is 26.0 Å². The monoisotopic (exact) mass is 495 g/mol. The third kappa shape index (κ3) is 4.62. The molecule has 1 aromatic carbocycles. The highest BCUT2D eigenvalue weighted by atomic mass is 32.1. The Labute approximate surface area is 205 Å². The zero-order valence-corrected chi connectivity index (χ0v) is 20.8. The van der Waals surface area contributed by atoms with E-state index >= 15 is 0 Å². The number of nitrogens with one attached hydrogen (secondary N) is 1. The van der Waals surface area contributed by atoms with Crippen molar-refractivity contribution in [1.29, 1.82) is 0 Å². The maximum absolute atomic E-state index is 13.2. The van der Waals surface area contributed by atoms with Crippen molar-refractivity contribution >= 4 is 55.5 Å². The van der Waals surface area contributed by atoms with Crippen molar-refractivity contribution in [3.8, 4) is 16.9 Å². The Balaban J connectivity index is 1.66. The minimum Gasteiger partial charge on any atom is -0.497 e. The lowest BCUT2D eigenvalue weighted by atomic mass is 10.0. The fraction of sp³-hybridized carbons (Fsp3) is 0.240. The van der Waals surface area contributed by atoms with E-state index in [2.05, 4.69) is 17.2 Å². The van der Waals surface area contributed by atoms with Gasteiger partial charge in [0, 0.05) is 22.0 Å². The van der Waals surface area contributed by atoms with E-state index in [4.69, 9.17) is 15.2 Å². The van der Waals surface area contributed by atoms with Gasteiger partial charge in [0.2, 0.25) is 0 Å². The Hall–Kier alpha value is -3.43. The van der Waals surface area contributed by atoms with E-state index in [1.165, 1.54) is 29.8 Å². The molecule has 7 nitrogen and oxygen atoms in total. The molecule has 0 atom stereocenters. The van der Waals surface area contributed by atoms with Crippen LogP contribution in [0.2, 0.25) is 0 Å². The van der Waals surface area contributed by atoms with Crippen LogP contribution in [0.1, 0.15) is 45.5 Å². The summed E-state index contributed by atoms with van der Waals surface area (Å²) in [5.74, 6) is -0.211. The summed E-state index contributed by atoms with van der Waals surface area (Å²) in [5.41, 5.74) is 9.45. The first kappa shape index (κ1) is 23.7. The topological polar surface area (TPSA) is 104 Å². The van der Waals surface area contributed by atoms with Crippen LogP contribution in [0.4, 0.5) is 10.7 Å². The largest absolute Gasteiger partial charge is 0.497 e. The van der Waals surface area contributed by atoms with Crippen LogP contribution in [0.15, 0.2) is 41.8 Å². The third-order valence-electron chi connectivity index (χ3n) is 5.45. The number of nitrogen functional groups attached to an aromatic ring is 1. The standard InChI is InChI=1S/C25H25N3O4S2/c1-4-5-6-15-9-12-17-20(26)21(34-23(17)27-15)22(29)28-24-19(25(30)32-3)18(13-33-24)14-7-10-16(31-2)11-8-14/h7-13H,4-6,26H2,1-3H3,(H,28,29). The molecule has 176 valence electrons. The molecule has 34 heavy (non-hydrogen) atoms. The van der Waals surface area contributed by atoms with E-state index in [0.717, 1.165) is 40.7 Å². The van der Waals surface area contributed by atoms with Gasteiger partial charge in [0.05, 0.1) is 19.9 Å². The number of thiophene rings is 2. The van der Waals surface area contributed by atoms with E-state index in [-0.39, 0.29) is 5.91 Å². The number of aryl methyl sites for hydroxylation is 1. The first-order chi connectivity index (χ1) is 16.5. The number of anilines is 2. The van der Waals surface area contributed by atoms with Crippen molar-refractivity contribution in [3.05, 3.63) is 57.9 Å². The number of aromatic nitrogens is 1. The molecule has 0 unspecified atom stereocenters. The molecule has 9 heteroatoms. The molecule has 0 saturated heterocycles. The first-order valence-electron chi connectivity index (χ1n) is 10.8. The average molecular weight is 496 g/mol. The molecule has 0 aliphatic heterocycles. The number of carbonyl (C=O) groups excluding carboxylic acids is 2. The van der Waals surface area contributed by atoms with Gasteiger partial charge in [-0.2, -0.15) is 0 Å².